The van der Waals surface area contributed by atoms with Crippen LogP contribution in [-0.4, -0.2) is 43.3 Å². The number of carbonyl (C=O) groups excluding carboxylic acids is 1. The number of carbonyl (C=O) groups is 1. The van der Waals surface area contributed by atoms with Crippen molar-refractivity contribution in [3.05, 3.63) is 41.3 Å². The lowest BCUT2D eigenvalue weighted by atomic mass is 10.2. The van der Waals surface area contributed by atoms with Crippen LogP contribution in [0.2, 0.25) is 0 Å². The molecule has 0 radical (unpaired) electrons. The van der Waals surface area contributed by atoms with E-state index in [9.17, 15) is 18.0 Å². The summed E-state index contributed by atoms with van der Waals surface area (Å²) in [6, 6.07) is 9.37. The molecule has 0 saturated carbocycles. The van der Waals surface area contributed by atoms with E-state index in [-0.39, 0.29) is 30.1 Å². The second-order valence-corrected chi connectivity index (χ2v) is 6.88. The van der Waals surface area contributed by atoms with Crippen LogP contribution in [0.25, 0.3) is 10.4 Å². The van der Waals surface area contributed by atoms with Crippen molar-refractivity contribution in [2.45, 2.75) is 18.8 Å². The number of hydrogen-bond donors (Lipinski definition) is 1. The summed E-state index contributed by atoms with van der Waals surface area (Å²) < 4.78 is 40.4. The summed E-state index contributed by atoms with van der Waals surface area (Å²) in [5, 5.41) is 3.23. The van der Waals surface area contributed by atoms with Crippen molar-refractivity contribution >= 4 is 29.7 Å². The van der Waals surface area contributed by atoms with Gasteiger partial charge in [-0.3, -0.25) is 4.79 Å². The second-order valence-electron chi connectivity index (χ2n) is 5.80. The molecular formula is C17H18ClF3N2O2S. The van der Waals surface area contributed by atoms with Crippen LogP contribution >= 0.6 is 23.7 Å². The molecule has 0 spiro atoms. The summed E-state index contributed by atoms with van der Waals surface area (Å²) in [6.07, 6.45) is -3.77. The van der Waals surface area contributed by atoms with Crippen LogP contribution < -0.4 is 10.1 Å². The minimum Gasteiger partial charge on any atom is -0.406 e. The van der Waals surface area contributed by atoms with E-state index >= 15 is 0 Å². The zero-order valence-corrected chi connectivity index (χ0v) is 15.5. The van der Waals surface area contributed by atoms with Gasteiger partial charge in [-0.15, -0.1) is 36.9 Å². The Bertz CT molecular complexity index is 743. The molecule has 1 aliphatic heterocycles. The van der Waals surface area contributed by atoms with Crippen LogP contribution in [0.1, 0.15) is 16.1 Å². The van der Waals surface area contributed by atoms with Crippen molar-refractivity contribution < 1.29 is 22.7 Å². The first-order chi connectivity index (χ1) is 11.8. The van der Waals surface area contributed by atoms with Crippen molar-refractivity contribution in [2.75, 3.05) is 20.1 Å². The lowest BCUT2D eigenvalue weighted by Crippen LogP contribution is -2.37. The molecule has 0 bridgehead atoms. The topological polar surface area (TPSA) is 41.6 Å². The molecule has 9 heteroatoms. The number of benzene rings is 1. The molecule has 2 heterocycles. The summed E-state index contributed by atoms with van der Waals surface area (Å²) in [4.78, 5) is 15.7. The monoisotopic (exact) mass is 406 g/mol. The number of likely N-dealkylation sites (N-methyl/N-ethyl adjacent to an activating group) is 1. The molecule has 1 saturated heterocycles. The lowest BCUT2D eigenvalue weighted by molar-refractivity contribution is -0.274. The van der Waals surface area contributed by atoms with E-state index in [0.29, 0.717) is 4.88 Å². The summed E-state index contributed by atoms with van der Waals surface area (Å²) >= 11 is 1.33. The quantitative estimate of drug-likeness (QED) is 0.828. The van der Waals surface area contributed by atoms with E-state index in [2.05, 4.69) is 10.1 Å². The molecule has 142 valence electrons. The van der Waals surface area contributed by atoms with Crippen molar-refractivity contribution in [1.82, 2.24) is 10.2 Å². The zero-order valence-electron chi connectivity index (χ0n) is 13.9. The van der Waals surface area contributed by atoms with E-state index in [1.165, 1.54) is 23.5 Å². The Morgan fingerprint density at radius 1 is 1.23 bits per heavy atom. The first-order valence-corrected chi connectivity index (χ1v) is 8.59. The molecule has 1 aliphatic rings. The van der Waals surface area contributed by atoms with Gasteiger partial charge in [0, 0.05) is 24.5 Å². The number of alkyl halides is 3. The Hall–Kier alpha value is -1.77. The molecule has 1 fully saturated rings. The highest BCUT2D eigenvalue weighted by molar-refractivity contribution is 7.17. The molecule has 0 aliphatic carbocycles. The molecule has 3 rings (SSSR count). The van der Waals surface area contributed by atoms with E-state index in [0.717, 1.165) is 30.0 Å². The highest BCUT2D eigenvalue weighted by Gasteiger charge is 2.31. The fraction of sp³-hybridized carbons (Fsp3) is 0.353. The highest BCUT2D eigenvalue weighted by atomic mass is 35.5. The van der Waals surface area contributed by atoms with E-state index in [4.69, 9.17) is 0 Å². The summed E-state index contributed by atoms with van der Waals surface area (Å²) in [6.45, 7) is 1.70. The summed E-state index contributed by atoms with van der Waals surface area (Å²) in [5.41, 5.74) is 0.740. The molecule has 1 amide bonds. The molecule has 1 aromatic carbocycles. The van der Waals surface area contributed by atoms with Gasteiger partial charge >= 0.3 is 6.36 Å². The third kappa shape index (κ3) is 4.90. The standard InChI is InChI=1S/C17H17F3N2O2S.ClH/c1-22(12-8-9-21-10-12)16(23)15-7-6-14(25-15)11-2-4-13(5-3-11)24-17(18,19)20;/h2-7,12,21H,8-10H2,1H3;1H. The largest absolute Gasteiger partial charge is 0.573 e. The Balaban J connectivity index is 0.00000243. The third-order valence-electron chi connectivity index (χ3n) is 4.09. The fourth-order valence-corrected chi connectivity index (χ4v) is 3.73. The number of nitrogens with zero attached hydrogens (tertiary/aromatic N) is 1. The third-order valence-corrected chi connectivity index (χ3v) is 5.21. The average Bonchev–Trinajstić information content (AvgIpc) is 3.24. The maximum Gasteiger partial charge on any atom is 0.573 e. The Morgan fingerprint density at radius 2 is 1.92 bits per heavy atom. The molecule has 4 nitrogen and oxygen atoms in total. The SMILES string of the molecule is CN(C(=O)c1ccc(-c2ccc(OC(F)(F)F)cc2)s1)C1CCNC1.Cl. The van der Waals surface area contributed by atoms with Crippen LogP contribution in [0.15, 0.2) is 36.4 Å². The van der Waals surface area contributed by atoms with Gasteiger partial charge in [-0.05, 0) is 54.9 Å². The Morgan fingerprint density at radius 3 is 2.50 bits per heavy atom. The predicted octanol–water partition coefficient (Wildman–Crippen LogP) is 4.17. The number of amides is 1. The number of nitrogens with one attached hydrogen (secondary N) is 1. The molecule has 2 aromatic rings. The van der Waals surface area contributed by atoms with E-state index in [1.807, 2.05) is 0 Å². The summed E-state index contributed by atoms with van der Waals surface area (Å²) in [5.74, 6) is -0.306. The smallest absolute Gasteiger partial charge is 0.406 e. The normalized spacial score (nSPS) is 16.8. The van der Waals surface area contributed by atoms with Crippen LogP contribution in [0.3, 0.4) is 0 Å². The fourth-order valence-electron chi connectivity index (χ4n) is 2.74. The first-order valence-electron chi connectivity index (χ1n) is 7.77. The van der Waals surface area contributed by atoms with Gasteiger partial charge in [-0.2, -0.15) is 0 Å². The van der Waals surface area contributed by atoms with Crippen molar-refractivity contribution in [2.24, 2.45) is 0 Å². The molecule has 1 N–H and O–H groups in total. The zero-order chi connectivity index (χ0) is 18.0. The number of hydrogen-bond acceptors (Lipinski definition) is 4. The van der Waals surface area contributed by atoms with E-state index < -0.39 is 6.36 Å². The van der Waals surface area contributed by atoms with Crippen molar-refractivity contribution in [1.29, 1.82) is 0 Å². The van der Waals surface area contributed by atoms with Gasteiger partial charge in [-0.25, -0.2) is 0 Å². The van der Waals surface area contributed by atoms with Crippen molar-refractivity contribution in [3.8, 4) is 16.2 Å². The van der Waals surface area contributed by atoms with Crippen LogP contribution in [0.4, 0.5) is 13.2 Å². The Labute approximate surface area is 159 Å². The van der Waals surface area contributed by atoms with Crippen LogP contribution in [-0.2, 0) is 0 Å². The van der Waals surface area contributed by atoms with Crippen molar-refractivity contribution in [3.63, 3.8) is 0 Å². The van der Waals surface area contributed by atoms with Gasteiger partial charge in [-0.1, -0.05) is 0 Å². The molecule has 1 atom stereocenters. The minimum atomic E-state index is -4.70. The highest BCUT2D eigenvalue weighted by Crippen LogP contribution is 2.31. The Kier molecular flexibility index (Phi) is 6.54. The molecule has 1 unspecified atom stereocenters. The lowest BCUT2D eigenvalue weighted by Gasteiger charge is -2.23. The van der Waals surface area contributed by atoms with Gasteiger partial charge in [0.1, 0.15) is 5.75 Å². The second kappa shape index (κ2) is 8.28. The van der Waals surface area contributed by atoms with Gasteiger partial charge in [0.25, 0.3) is 5.91 Å². The molecule has 1 aromatic heterocycles. The van der Waals surface area contributed by atoms with Crippen LogP contribution in [0, 0.1) is 0 Å². The predicted molar refractivity (Wildman–Crippen MR) is 97.1 cm³/mol. The number of ether oxygens (including phenoxy) is 1. The van der Waals surface area contributed by atoms with Gasteiger partial charge in [0.15, 0.2) is 0 Å². The maximum atomic E-state index is 12.6. The van der Waals surface area contributed by atoms with Gasteiger partial charge < -0.3 is 15.0 Å². The minimum absolute atomic E-state index is 0. The van der Waals surface area contributed by atoms with Gasteiger partial charge in [0.2, 0.25) is 0 Å². The number of halogens is 4. The molecule has 26 heavy (non-hydrogen) atoms. The number of thiophene rings is 1. The maximum absolute atomic E-state index is 12.6. The molecular weight excluding hydrogens is 389 g/mol. The number of rotatable bonds is 4. The van der Waals surface area contributed by atoms with E-state index in [1.54, 1.807) is 36.2 Å². The van der Waals surface area contributed by atoms with Crippen LogP contribution in [0.5, 0.6) is 5.75 Å². The van der Waals surface area contributed by atoms with Gasteiger partial charge in [0.05, 0.1) is 4.88 Å². The summed E-state index contributed by atoms with van der Waals surface area (Å²) in [7, 11) is 1.79. The first kappa shape index (κ1) is 20.5. The average molecular weight is 407 g/mol.